The van der Waals surface area contributed by atoms with E-state index in [1.54, 1.807) is 0 Å². The Morgan fingerprint density at radius 1 is 1.33 bits per heavy atom. The van der Waals surface area contributed by atoms with E-state index in [0.717, 1.165) is 25.1 Å². The number of aromatic nitrogens is 1. The molecule has 1 aliphatic heterocycles. The molecule has 1 saturated carbocycles. The standard InChI is InChI=1S/C15H22N2O/c1-11(2)14-4-3-12(9-16-14)17-10-13(18)5-6-15(17)7-8-15/h3-4,9,11,13,18H,5-8,10H2,1-2H3/t13-/m0/s1. The van der Waals surface area contributed by atoms with Gasteiger partial charge in [-0.3, -0.25) is 4.98 Å². The van der Waals surface area contributed by atoms with Crippen LogP contribution in [0.5, 0.6) is 0 Å². The van der Waals surface area contributed by atoms with E-state index < -0.39 is 0 Å². The Kier molecular flexibility index (Phi) is 2.81. The molecule has 0 radical (unpaired) electrons. The zero-order valence-corrected chi connectivity index (χ0v) is 11.3. The Balaban J connectivity index is 1.84. The van der Waals surface area contributed by atoms with Crippen molar-refractivity contribution < 1.29 is 5.11 Å². The maximum atomic E-state index is 9.88. The molecule has 3 rings (SSSR count). The Bertz CT molecular complexity index is 423. The first-order valence-corrected chi connectivity index (χ1v) is 7.02. The van der Waals surface area contributed by atoms with Gasteiger partial charge >= 0.3 is 0 Å². The van der Waals surface area contributed by atoms with Crippen molar-refractivity contribution in [3.05, 3.63) is 24.0 Å². The van der Waals surface area contributed by atoms with Gasteiger partial charge < -0.3 is 10.0 Å². The highest BCUT2D eigenvalue weighted by Gasteiger charge is 2.50. The molecule has 1 aromatic heterocycles. The van der Waals surface area contributed by atoms with E-state index in [2.05, 4.69) is 35.9 Å². The van der Waals surface area contributed by atoms with Crippen LogP contribution in [0.1, 0.15) is 51.1 Å². The van der Waals surface area contributed by atoms with E-state index in [-0.39, 0.29) is 6.10 Å². The molecule has 2 heterocycles. The van der Waals surface area contributed by atoms with Crippen LogP contribution in [-0.2, 0) is 0 Å². The molecule has 1 atom stereocenters. The normalized spacial score (nSPS) is 25.8. The van der Waals surface area contributed by atoms with Crippen LogP contribution in [0.25, 0.3) is 0 Å². The number of aliphatic hydroxyl groups excluding tert-OH is 1. The lowest BCUT2D eigenvalue weighted by Crippen LogP contribution is -2.47. The van der Waals surface area contributed by atoms with Crippen LogP contribution in [-0.4, -0.2) is 28.3 Å². The lowest BCUT2D eigenvalue weighted by atomic mass is 9.97. The second kappa shape index (κ2) is 4.23. The summed E-state index contributed by atoms with van der Waals surface area (Å²) in [6.45, 7) is 5.09. The van der Waals surface area contributed by atoms with Crippen LogP contribution >= 0.6 is 0 Å². The van der Waals surface area contributed by atoms with Crippen molar-refractivity contribution >= 4 is 5.69 Å². The van der Waals surface area contributed by atoms with Gasteiger partial charge in [-0.1, -0.05) is 13.8 Å². The second-order valence-electron chi connectivity index (χ2n) is 6.12. The molecule has 1 aromatic rings. The van der Waals surface area contributed by atoms with Crippen LogP contribution in [0.15, 0.2) is 18.3 Å². The molecule has 18 heavy (non-hydrogen) atoms. The number of hydrogen-bond donors (Lipinski definition) is 1. The fourth-order valence-corrected chi connectivity index (χ4v) is 3.01. The van der Waals surface area contributed by atoms with Gasteiger partial charge in [0.2, 0.25) is 0 Å². The van der Waals surface area contributed by atoms with Gasteiger partial charge in [-0.15, -0.1) is 0 Å². The highest BCUT2D eigenvalue weighted by molar-refractivity contribution is 5.51. The van der Waals surface area contributed by atoms with Gasteiger partial charge in [-0.05, 0) is 43.7 Å². The predicted octanol–water partition coefficient (Wildman–Crippen LogP) is 2.70. The highest BCUT2D eigenvalue weighted by Crippen LogP contribution is 2.50. The third-order valence-electron chi connectivity index (χ3n) is 4.41. The van der Waals surface area contributed by atoms with Crippen molar-refractivity contribution in [1.29, 1.82) is 0 Å². The molecule has 3 nitrogen and oxygen atoms in total. The summed E-state index contributed by atoms with van der Waals surface area (Å²) in [5.41, 5.74) is 2.66. The number of piperidine rings is 1. The van der Waals surface area contributed by atoms with Crippen molar-refractivity contribution in [1.82, 2.24) is 4.98 Å². The summed E-state index contributed by atoms with van der Waals surface area (Å²) >= 11 is 0. The zero-order valence-electron chi connectivity index (χ0n) is 11.3. The summed E-state index contributed by atoms with van der Waals surface area (Å²) in [5, 5.41) is 9.88. The topological polar surface area (TPSA) is 36.4 Å². The molecule has 2 aliphatic rings. The van der Waals surface area contributed by atoms with Crippen LogP contribution < -0.4 is 4.90 Å². The first kappa shape index (κ1) is 12.0. The SMILES string of the molecule is CC(C)c1ccc(N2C[C@@H](O)CCC23CC3)cn1. The van der Waals surface area contributed by atoms with Gasteiger partial charge in [0, 0.05) is 17.8 Å². The van der Waals surface area contributed by atoms with E-state index in [4.69, 9.17) is 0 Å². The second-order valence-corrected chi connectivity index (χ2v) is 6.12. The van der Waals surface area contributed by atoms with Crippen molar-refractivity contribution in [2.45, 2.75) is 57.1 Å². The number of nitrogens with zero attached hydrogens (tertiary/aromatic N) is 2. The molecule has 1 N–H and O–H groups in total. The third kappa shape index (κ3) is 2.01. The van der Waals surface area contributed by atoms with Crippen molar-refractivity contribution in [2.24, 2.45) is 0 Å². The largest absolute Gasteiger partial charge is 0.391 e. The van der Waals surface area contributed by atoms with Crippen LogP contribution in [0.2, 0.25) is 0 Å². The van der Waals surface area contributed by atoms with Crippen LogP contribution in [0, 0.1) is 0 Å². The van der Waals surface area contributed by atoms with Gasteiger partial charge in [0.25, 0.3) is 0 Å². The minimum Gasteiger partial charge on any atom is -0.391 e. The van der Waals surface area contributed by atoms with Gasteiger partial charge in [0.05, 0.1) is 18.0 Å². The fourth-order valence-electron chi connectivity index (χ4n) is 3.01. The zero-order chi connectivity index (χ0) is 12.8. The van der Waals surface area contributed by atoms with E-state index in [1.807, 2.05) is 6.20 Å². The maximum Gasteiger partial charge on any atom is 0.0716 e. The van der Waals surface area contributed by atoms with E-state index in [0.29, 0.717) is 11.5 Å². The van der Waals surface area contributed by atoms with Gasteiger partial charge in [-0.25, -0.2) is 0 Å². The molecule has 0 unspecified atom stereocenters. The quantitative estimate of drug-likeness (QED) is 0.871. The molecule has 0 aromatic carbocycles. The molecular weight excluding hydrogens is 224 g/mol. The van der Waals surface area contributed by atoms with Crippen LogP contribution in [0.4, 0.5) is 5.69 Å². The summed E-state index contributed by atoms with van der Waals surface area (Å²) in [6.07, 6.45) is 6.42. The lowest BCUT2D eigenvalue weighted by molar-refractivity contribution is 0.138. The molecule has 1 spiro atoms. The molecule has 0 amide bonds. The Morgan fingerprint density at radius 2 is 2.11 bits per heavy atom. The van der Waals surface area contributed by atoms with Gasteiger partial charge in [0.15, 0.2) is 0 Å². The molecule has 98 valence electrons. The summed E-state index contributed by atoms with van der Waals surface area (Å²) in [5.74, 6) is 0.473. The van der Waals surface area contributed by atoms with E-state index in [1.165, 1.54) is 18.5 Å². The molecule has 1 aliphatic carbocycles. The van der Waals surface area contributed by atoms with Crippen molar-refractivity contribution in [3.63, 3.8) is 0 Å². The molecule has 2 fully saturated rings. The van der Waals surface area contributed by atoms with Crippen LogP contribution in [0.3, 0.4) is 0 Å². The van der Waals surface area contributed by atoms with Gasteiger partial charge in [-0.2, -0.15) is 0 Å². The summed E-state index contributed by atoms with van der Waals surface area (Å²) in [7, 11) is 0. The smallest absolute Gasteiger partial charge is 0.0716 e. The van der Waals surface area contributed by atoms with E-state index in [9.17, 15) is 5.11 Å². The molecule has 3 heteroatoms. The third-order valence-corrected chi connectivity index (χ3v) is 4.41. The number of β-amino-alcohol motifs (C(OH)–C–C–N with tert-alkyl or cyclic N) is 1. The molecule has 1 saturated heterocycles. The molecule has 0 bridgehead atoms. The first-order chi connectivity index (χ1) is 8.61. The first-order valence-electron chi connectivity index (χ1n) is 7.02. The number of aliphatic hydroxyl groups is 1. The fraction of sp³-hybridized carbons (Fsp3) is 0.667. The highest BCUT2D eigenvalue weighted by atomic mass is 16.3. The van der Waals surface area contributed by atoms with Gasteiger partial charge in [0.1, 0.15) is 0 Å². The monoisotopic (exact) mass is 246 g/mol. The number of anilines is 1. The minimum absolute atomic E-state index is 0.180. The Labute approximate surface area is 109 Å². The Hall–Kier alpha value is -1.09. The predicted molar refractivity (Wildman–Crippen MR) is 72.9 cm³/mol. The summed E-state index contributed by atoms with van der Waals surface area (Å²) < 4.78 is 0. The maximum absolute atomic E-state index is 9.88. The average Bonchev–Trinajstić information content (AvgIpc) is 3.13. The lowest BCUT2D eigenvalue weighted by Gasteiger charge is -2.40. The average molecular weight is 246 g/mol. The van der Waals surface area contributed by atoms with E-state index >= 15 is 0 Å². The Morgan fingerprint density at radius 3 is 2.67 bits per heavy atom. The number of hydrogen-bond acceptors (Lipinski definition) is 3. The summed E-state index contributed by atoms with van der Waals surface area (Å²) in [6, 6.07) is 4.29. The van der Waals surface area contributed by atoms with Crippen molar-refractivity contribution in [3.8, 4) is 0 Å². The number of pyridine rings is 1. The molecular formula is C15H22N2O. The summed E-state index contributed by atoms with van der Waals surface area (Å²) in [4.78, 5) is 6.94. The van der Waals surface area contributed by atoms with Crippen molar-refractivity contribution in [2.75, 3.05) is 11.4 Å². The number of rotatable bonds is 2. The minimum atomic E-state index is -0.180.